The third kappa shape index (κ3) is 2.19. The van der Waals surface area contributed by atoms with Gasteiger partial charge in [0.15, 0.2) is 0 Å². The first-order chi connectivity index (χ1) is 5.23. The van der Waals surface area contributed by atoms with Crippen LogP contribution in [0.5, 0.6) is 0 Å². The molecule has 0 aromatic carbocycles. The monoisotopic (exact) mass is 156 g/mol. The molecule has 0 radical (unpaired) electrons. The van der Waals surface area contributed by atoms with Gasteiger partial charge in [-0.2, -0.15) is 0 Å². The van der Waals surface area contributed by atoms with E-state index in [0.717, 1.165) is 0 Å². The molecule has 0 spiro atoms. The van der Waals surface area contributed by atoms with E-state index in [1.54, 1.807) is 0 Å². The number of ether oxygens (including phenoxy) is 1. The molecule has 0 aromatic rings. The van der Waals surface area contributed by atoms with Crippen LogP contribution >= 0.6 is 0 Å². The molecule has 1 aliphatic rings. The maximum absolute atomic E-state index is 5.60. The lowest BCUT2D eigenvalue weighted by molar-refractivity contribution is 0.290. The molecule has 66 valence electrons. The first-order valence-electron chi connectivity index (χ1n) is 4.90. The number of hydrogen-bond acceptors (Lipinski definition) is 1. The fourth-order valence-electron chi connectivity index (χ4n) is 1.75. The molecular weight excluding hydrogens is 136 g/mol. The van der Waals surface area contributed by atoms with E-state index in [9.17, 15) is 0 Å². The molecule has 1 aliphatic heterocycles. The average molecular weight is 156 g/mol. The molecule has 0 bridgehead atoms. The van der Waals surface area contributed by atoms with E-state index in [0.29, 0.717) is 6.10 Å². The van der Waals surface area contributed by atoms with Crippen molar-refractivity contribution in [3.8, 4) is 0 Å². The fraction of sp³-hybridized carbons (Fsp3) is 1.00. The van der Waals surface area contributed by atoms with Crippen LogP contribution in [0.1, 0.15) is 52.9 Å². The molecule has 2 unspecified atom stereocenters. The first-order valence-corrected chi connectivity index (χ1v) is 4.90. The number of unbranched alkanes of at least 4 members (excludes halogenated alkanes) is 2. The van der Waals surface area contributed by atoms with Crippen LogP contribution in [0.25, 0.3) is 0 Å². The van der Waals surface area contributed by atoms with E-state index in [1.807, 2.05) is 0 Å². The topological polar surface area (TPSA) is 12.5 Å². The molecule has 0 N–H and O–H groups in total. The first kappa shape index (κ1) is 9.05. The summed E-state index contributed by atoms with van der Waals surface area (Å²) in [5.74, 6) is 0. The highest BCUT2D eigenvalue weighted by atomic mass is 16.6. The Balaban J connectivity index is 2.08. The van der Waals surface area contributed by atoms with Crippen LogP contribution in [0, 0.1) is 0 Å². The van der Waals surface area contributed by atoms with Crippen molar-refractivity contribution < 1.29 is 4.74 Å². The standard InChI is InChI=1S/C10H20O/c1-4-6-7-8-10(3)9(5-2)11-10/h9H,4-8H2,1-3H3. The van der Waals surface area contributed by atoms with E-state index < -0.39 is 0 Å². The zero-order valence-electron chi connectivity index (χ0n) is 8.02. The summed E-state index contributed by atoms with van der Waals surface area (Å²) in [5, 5.41) is 0. The van der Waals surface area contributed by atoms with Gasteiger partial charge >= 0.3 is 0 Å². The van der Waals surface area contributed by atoms with Gasteiger partial charge in [0.05, 0.1) is 11.7 Å². The van der Waals surface area contributed by atoms with Crippen molar-refractivity contribution in [1.29, 1.82) is 0 Å². The molecular formula is C10H20O. The average Bonchev–Trinajstić information content (AvgIpc) is 2.63. The molecule has 1 saturated heterocycles. The molecule has 1 nitrogen and oxygen atoms in total. The van der Waals surface area contributed by atoms with Crippen LogP contribution in [0.3, 0.4) is 0 Å². The van der Waals surface area contributed by atoms with Crippen molar-refractivity contribution in [2.24, 2.45) is 0 Å². The third-order valence-corrected chi connectivity index (χ3v) is 2.68. The second-order valence-corrected chi connectivity index (χ2v) is 3.78. The lowest BCUT2D eigenvalue weighted by Gasteiger charge is -2.03. The van der Waals surface area contributed by atoms with Crippen LogP contribution in [0.15, 0.2) is 0 Å². The summed E-state index contributed by atoms with van der Waals surface area (Å²) in [6, 6.07) is 0. The van der Waals surface area contributed by atoms with Crippen LogP contribution in [-0.2, 0) is 4.74 Å². The Kier molecular flexibility index (Phi) is 2.94. The van der Waals surface area contributed by atoms with Crippen LogP contribution < -0.4 is 0 Å². The van der Waals surface area contributed by atoms with E-state index >= 15 is 0 Å². The van der Waals surface area contributed by atoms with E-state index in [2.05, 4.69) is 20.8 Å². The molecule has 1 fully saturated rings. The summed E-state index contributed by atoms with van der Waals surface area (Å²) in [4.78, 5) is 0. The van der Waals surface area contributed by atoms with E-state index in [4.69, 9.17) is 4.74 Å². The number of epoxide rings is 1. The van der Waals surface area contributed by atoms with Gasteiger partial charge in [0.1, 0.15) is 0 Å². The molecule has 1 heteroatoms. The van der Waals surface area contributed by atoms with Gasteiger partial charge < -0.3 is 4.74 Å². The third-order valence-electron chi connectivity index (χ3n) is 2.68. The summed E-state index contributed by atoms with van der Waals surface area (Å²) < 4.78 is 5.60. The van der Waals surface area contributed by atoms with Gasteiger partial charge in [-0.05, 0) is 19.8 Å². The Hall–Kier alpha value is -0.0400. The highest BCUT2D eigenvalue weighted by molar-refractivity contribution is 4.97. The smallest absolute Gasteiger partial charge is 0.0920 e. The van der Waals surface area contributed by atoms with Gasteiger partial charge in [-0.1, -0.05) is 33.1 Å². The molecule has 0 saturated carbocycles. The van der Waals surface area contributed by atoms with Crippen molar-refractivity contribution in [1.82, 2.24) is 0 Å². The summed E-state index contributed by atoms with van der Waals surface area (Å²) in [7, 11) is 0. The Morgan fingerprint density at radius 1 is 1.27 bits per heavy atom. The number of rotatable bonds is 5. The molecule has 0 amide bonds. The summed E-state index contributed by atoms with van der Waals surface area (Å²) in [5.41, 5.74) is 0.268. The van der Waals surface area contributed by atoms with Gasteiger partial charge in [0.25, 0.3) is 0 Å². The van der Waals surface area contributed by atoms with Crippen molar-refractivity contribution in [2.75, 3.05) is 0 Å². The summed E-state index contributed by atoms with van der Waals surface area (Å²) >= 11 is 0. The highest BCUT2D eigenvalue weighted by Crippen LogP contribution is 2.42. The zero-order chi connectivity index (χ0) is 8.32. The quantitative estimate of drug-likeness (QED) is 0.440. The van der Waals surface area contributed by atoms with Crippen LogP contribution in [0.2, 0.25) is 0 Å². The molecule has 11 heavy (non-hydrogen) atoms. The maximum atomic E-state index is 5.60. The second kappa shape index (κ2) is 3.57. The molecule has 1 rings (SSSR count). The molecule has 2 atom stereocenters. The van der Waals surface area contributed by atoms with Gasteiger partial charge in [-0.15, -0.1) is 0 Å². The minimum atomic E-state index is 0.268. The van der Waals surface area contributed by atoms with E-state index in [-0.39, 0.29) is 5.60 Å². The van der Waals surface area contributed by atoms with Gasteiger partial charge in [0.2, 0.25) is 0 Å². The normalized spacial score (nSPS) is 35.7. The largest absolute Gasteiger partial charge is 0.366 e. The van der Waals surface area contributed by atoms with Gasteiger partial charge in [0, 0.05) is 0 Å². The Morgan fingerprint density at radius 3 is 2.45 bits per heavy atom. The minimum Gasteiger partial charge on any atom is -0.366 e. The fourth-order valence-corrected chi connectivity index (χ4v) is 1.75. The lowest BCUT2D eigenvalue weighted by atomic mass is 9.98. The second-order valence-electron chi connectivity index (χ2n) is 3.78. The molecule has 0 aromatic heterocycles. The lowest BCUT2D eigenvalue weighted by Crippen LogP contribution is -2.08. The summed E-state index contributed by atoms with van der Waals surface area (Å²) in [6.45, 7) is 6.69. The SMILES string of the molecule is CCCCCC1(C)OC1CC. The van der Waals surface area contributed by atoms with Crippen molar-refractivity contribution in [2.45, 2.75) is 64.6 Å². The van der Waals surface area contributed by atoms with Gasteiger partial charge in [-0.25, -0.2) is 0 Å². The van der Waals surface area contributed by atoms with E-state index in [1.165, 1.54) is 32.1 Å². The highest BCUT2D eigenvalue weighted by Gasteiger charge is 2.49. The maximum Gasteiger partial charge on any atom is 0.0920 e. The van der Waals surface area contributed by atoms with Crippen LogP contribution in [-0.4, -0.2) is 11.7 Å². The summed E-state index contributed by atoms with van der Waals surface area (Å²) in [6.07, 6.45) is 7.02. The number of hydrogen-bond donors (Lipinski definition) is 0. The Labute approximate surface area is 70.1 Å². The zero-order valence-corrected chi connectivity index (χ0v) is 8.02. The van der Waals surface area contributed by atoms with Crippen molar-refractivity contribution >= 4 is 0 Å². The minimum absolute atomic E-state index is 0.268. The predicted molar refractivity (Wildman–Crippen MR) is 47.7 cm³/mol. The van der Waals surface area contributed by atoms with Crippen molar-refractivity contribution in [3.05, 3.63) is 0 Å². The molecule has 0 aliphatic carbocycles. The van der Waals surface area contributed by atoms with Crippen molar-refractivity contribution in [3.63, 3.8) is 0 Å². The van der Waals surface area contributed by atoms with Gasteiger partial charge in [-0.3, -0.25) is 0 Å². The molecule has 1 heterocycles. The predicted octanol–water partition coefficient (Wildman–Crippen LogP) is 3.13. The Morgan fingerprint density at radius 2 is 2.00 bits per heavy atom. The Bertz CT molecular complexity index is 122. The van der Waals surface area contributed by atoms with Crippen LogP contribution in [0.4, 0.5) is 0 Å².